The minimum absolute atomic E-state index is 0.00345. The molecule has 0 saturated heterocycles. The van der Waals surface area contributed by atoms with E-state index in [0.29, 0.717) is 23.9 Å². The smallest absolute Gasteiger partial charge is 0.254 e. The van der Waals surface area contributed by atoms with Gasteiger partial charge in [-0.25, -0.2) is 0 Å². The molecule has 5 heteroatoms. The minimum atomic E-state index is -0.00345. The molecule has 0 unspecified atom stereocenters. The predicted molar refractivity (Wildman–Crippen MR) is 121 cm³/mol. The van der Waals surface area contributed by atoms with Crippen molar-refractivity contribution in [3.63, 3.8) is 0 Å². The van der Waals surface area contributed by atoms with Crippen LogP contribution in [0.3, 0.4) is 0 Å². The van der Waals surface area contributed by atoms with Crippen LogP contribution in [-0.4, -0.2) is 27.0 Å². The van der Waals surface area contributed by atoms with Gasteiger partial charge >= 0.3 is 0 Å². The van der Waals surface area contributed by atoms with Gasteiger partial charge in [-0.2, -0.15) is 0 Å². The third kappa shape index (κ3) is 4.72. The summed E-state index contributed by atoms with van der Waals surface area (Å²) >= 11 is 0. The van der Waals surface area contributed by atoms with Crippen molar-refractivity contribution in [2.24, 2.45) is 0 Å². The van der Waals surface area contributed by atoms with Gasteiger partial charge in [0.05, 0.1) is 0 Å². The molecule has 0 aliphatic rings. The number of aryl methyl sites for hydroxylation is 1. The Balaban J connectivity index is 1.52. The summed E-state index contributed by atoms with van der Waals surface area (Å²) in [7, 11) is 0. The summed E-state index contributed by atoms with van der Waals surface area (Å²) in [5, 5.41) is 8.32. The SMILES string of the molecule is Cc1ccc(-c2nnc(-c3ccc(C(=O)N(Cc4ccccc4)C(C)C)cc3)o2)cc1. The lowest BCUT2D eigenvalue weighted by Gasteiger charge is -2.27. The number of aromatic nitrogens is 2. The highest BCUT2D eigenvalue weighted by Gasteiger charge is 2.19. The number of carbonyl (C=O) groups excluding carboxylic acids is 1. The van der Waals surface area contributed by atoms with Crippen LogP contribution in [-0.2, 0) is 6.54 Å². The second-order valence-electron chi connectivity index (χ2n) is 7.87. The largest absolute Gasteiger partial charge is 0.416 e. The summed E-state index contributed by atoms with van der Waals surface area (Å²) in [5.41, 5.74) is 4.57. The molecule has 0 radical (unpaired) electrons. The lowest BCUT2D eigenvalue weighted by atomic mass is 10.1. The molecule has 1 amide bonds. The number of amides is 1. The first-order valence-electron chi connectivity index (χ1n) is 10.4. The first-order chi connectivity index (χ1) is 15.0. The van der Waals surface area contributed by atoms with E-state index >= 15 is 0 Å². The highest BCUT2D eigenvalue weighted by molar-refractivity contribution is 5.94. The molecule has 156 valence electrons. The first-order valence-corrected chi connectivity index (χ1v) is 10.4. The monoisotopic (exact) mass is 411 g/mol. The Hall–Kier alpha value is -3.73. The van der Waals surface area contributed by atoms with E-state index < -0.39 is 0 Å². The Kier molecular flexibility index (Phi) is 5.94. The van der Waals surface area contributed by atoms with Gasteiger partial charge in [0.15, 0.2) is 0 Å². The summed E-state index contributed by atoms with van der Waals surface area (Å²) in [6, 6.07) is 25.4. The van der Waals surface area contributed by atoms with E-state index in [4.69, 9.17) is 4.42 Å². The zero-order chi connectivity index (χ0) is 21.8. The average Bonchev–Trinajstić information content (AvgIpc) is 3.28. The van der Waals surface area contributed by atoms with Gasteiger partial charge in [0, 0.05) is 29.3 Å². The van der Waals surface area contributed by atoms with E-state index in [2.05, 4.69) is 10.2 Å². The molecular weight excluding hydrogens is 386 g/mol. The quantitative estimate of drug-likeness (QED) is 0.405. The number of benzene rings is 3. The van der Waals surface area contributed by atoms with Gasteiger partial charge in [0.2, 0.25) is 11.8 Å². The summed E-state index contributed by atoms with van der Waals surface area (Å²) in [6.07, 6.45) is 0. The summed E-state index contributed by atoms with van der Waals surface area (Å²) < 4.78 is 5.84. The van der Waals surface area contributed by atoms with Crippen LogP contribution in [0.1, 0.15) is 35.3 Å². The van der Waals surface area contributed by atoms with Gasteiger partial charge in [-0.05, 0) is 62.7 Å². The predicted octanol–water partition coefficient (Wildman–Crippen LogP) is 5.76. The molecule has 4 rings (SSSR count). The van der Waals surface area contributed by atoms with Crippen LogP contribution in [0.5, 0.6) is 0 Å². The normalized spacial score (nSPS) is 11.0. The molecule has 0 atom stereocenters. The van der Waals surface area contributed by atoms with Gasteiger partial charge in [-0.3, -0.25) is 4.79 Å². The fourth-order valence-electron chi connectivity index (χ4n) is 3.34. The maximum Gasteiger partial charge on any atom is 0.254 e. The number of hydrogen-bond acceptors (Lipinski definition) is 4. The van der Waals surface area contributed by atoms with Gasteiger partial charge in [0.1, 0.15) is 0 Å². The molecule has 4 aromatic rings. The maximum absolute atomic E-state index is 13.1. The molecule has 0 bridgehead atoms. The zero-order valence-corrected chi connectivity index (χ0v) is 17.9. The Morgan fingerprint density at radius 2 is 1.39 bits per heavy atom. The van der Waals surface area contributed by atoms with Crippen LogP contribution >= 0.6 is 0 Å². The van der Waals surface area contributed by atoms with Crippen LogP contribution in [0.25, 0.3) is 22.9 Å². The third-order valence-corrected chi connectivity index (χ3v) is 5.18. The van der Waals surface area contributed by atoms with Crippen molar-refractivity contribution in [2.45, 2.75) is 33.4 Å². The van der Waals surface area contributed by atoms with Gasteiger partial charge in [-0.1, -0.05) is 48.0 Å². The maximum atomic E-state index is 13.1. The van der Waals surface area contributed by atoms with E-state index in [-0.39, 0.29) is 11.9 Å². The topological polar surface area (TPSA) is 59.2 Å². The van der Waals surface area contributed by atoms with Gasteiger partial charge in [-0.15, -0.1) is 10.2 Å². The zero-order valence-electron chi connectivity index (χ0n) is 17.9. The molecular formula is C26H25N3O2. The van der Waals surface area contributed by atoms with Crippen molar-refractivity contribution in [3.05, 3.63) is 95.6 Å². The Labute approximate surface area is 182 Å². The second kappa shape index (κ2) is 8.96. The lowest BCUT2D eigenvalue weighted by molar-refractivity contribution is 0.0690. The average molecular weight is 412 g/mol. The summed E-state index contributed by atoms with van der Waals surface area (Å²) in [6.45, 7) is 6.66. The van der Waals surface area contributed by atoms with Crippen LogP contribution in [0.4, 0.5) is 0 Å². The molecule has 1 heterocycles. The van der Waals surface area contributed by atoms with Crippen molar-refractivity contribution in [1.82, 2.24) is 15.1 Å². The van der Waals surface area contributed by atoms with E-state index in [1.165, 1.54) is 5.56 Å². The lowest BCUT2D eigenvalue weighted by Crippen LogP contribution is -2.36. The van der Waals surface area contributed by atoms with Crippen LogP contribution in [0.2, 0.25) is 0 Å². The van der Waals surface area contributed by atoms with Crippen LogP contribution < -0.4 is 0 Å². The van der Waals surface area contributed by atoms with Crippen LogP contribution in [0, 0.1) is 6.92 Å². The number of carbonyl (C=O) groups is 1. The fourth-order valence-corrected chi connectivity index (χ4v) is 3.34. The molecule has 1 aromatic heterocycles. The fraction of sp³-hybridized carbons (Fsp3) is 0.192. The Morgan fingerprint density at radius 1 is 0.839 bits per heavy atom. The van der Waals surface area contributed by atoms with Crippen molar-refractivity contribution < 1.29 is 9.21 Å². The Morgan fingerprint density at radius 3 is 1.94 bits per heavy atom. The molecule has 0 aliphatic heterocycles. The van der Waals surface area contributed by atoms with Crippen molar-refractivity contribution >= 4 is 5.91 Å². The number of rotatable bonds is 6. The molecule has 3 aromatic carbocycles. The molecule has 31 heavy (non-hydrogen) atoms. The third-order valence-electron chi connectivity index (χ3n) is 5.18. The molecule has 0 spiro atoms. The minimum Gasteiger partial charge on any atom is -0.416 e. The number of hydrogen-bond donors (Lipinski definition) is 0. The van der Waals surface area contributed by atoms with Gasteiger partial charge < -0.3 is 9.32 Å². The molecule has 0 saturated carbocycles. The van der Waals surface area contributed by atoms with E-state index in [1.54, 1.807) is 0 Å². The highest BCUT2D eigenvalue weighted by atomic mass is 16.4. The molecule has 5 nitrogen and oxygen atoms in total. The van der Waals surface area contributed by atoms with Crippen molar-refractivity contribution in [3.8, 4) is 22.9 Å². The molecule has 0 aliphatic carbocycles. The summed E-state index contributed by atoms with van der Waals surface area (Å²) in [4.78, 5) is 15.0. The van der Waals surface area contributed by atoms with E-state index in [9.17, 15) is 4.79 Å². The van der Waals surface area contributed by atoms with E-state index in [1.807, 2.05) is 105 Å². The Bertz CT molecular complexity index is 1150. The second-order valence-corrected chi connectivity index (χ2v) is 7.87. The van der Waals surface area contributed by atoms with Gasteiger partial charge in [0.25, 0.3) is 5.91 Å². The van der Waals surface area contributed by atoms with E-state index in [0.717, 1.165) is 16.7 Å². The summed E-state index contributed by atoms with van der Waals surface area (Å²) in [5.74, 6) is 0.903. The molecule has 0 fully saturated rings. The highest BCUT2D eigenvalue weighted by Crippen LogP contribution is 2.25. The van der Waals surface area contributed by atoms with Crippen molar-refractivity contribution in [1.29, 1.82) is 0 Å². The molecule has 0 N–H and O–H groups in total. The van der Waals surface area contributed by atoms with Crippen molar-refractivity contribution in [2.75, 3.05) is 0 Å². The standard InChI is InChI=1S/C26H25N3O2/c1-18(2)29(17-20-7-5-4-6-8-20)26(30)23-15-13-22(14-16-23)25-28-27-24(31-25)21-11-9-19(3)10-12-21/h4-16,18H,17H2,1-3H3. The van der Waals surface area contributed by atoms with Crippen LogP contribution in [0.15, 0.2) is 83.3 Å². The first kappa shape index (κ1) is 20.5. The number of nitrogens with zero attached hydrogens (tertiary/aromatic N) is 3.